The lowest BCUT2D eigenvalue weighted by molar-refractivity contribution is -0.137. The van der Waals surface area contributed by atoms with E-state index in [1.54, 1.807) is 24.2 Å². The molecule has 2 saturated heterocycles. The molecule has 0 bridgehead atoms. The normalized spacial score (nSPS) is 18.2. The van der Waals surface area contributed by atoms with Gasteiger partial charge < -0.3 is 44.6 Å². The zero-order valence-electron chi connectivity index (χ0n) is 34.3. The summed E-state index contributed by atoms with van der Waals surface area (Å²) in [6.45, 7) is 6.68. The predicted octanol–water partition coefficient (Wildman–Crippen LogP) is 6.75. The molecule has 5 unspecified atom stereocenters. The van der Waals surface area contributed by atoms with Crippen LogP contribution in [0.25, 0.3) is 44.4 Å². The van der Waals surface area contributed by atoms with Gasteiger partial charge in [0, 0.05) is 25.8 Å². The maximum absolute atomic E-state index is 13.7. The minimum absolute atomic E-state index is 0.107. The van der Waals surface area contributed by atoms with Crippen LogP contribution in [-0.2, 0) is 23.8 Å². The minimum Gasteiger partial charge on any atom is -0.453 e. The van der Waals surface area contributed by atoms with Gasteiger partial charge in [-0.15, -0.1) is 0 Å². The molecule has 59 heavy (non-hydrogen) atoms. The number of carbonyl (C=O) groups is 4. The number of nitrogens with zero attached hydrogens (tertiary/aromatic N) is 4. The smallest absolute Gasteiger partial charge is 0.407 e. The number of carbonyl (C=O) groups excluding carboxylic acids is 4. The fourth-order valence-electron chi connectivity index (χ4n) is 8.13. The highest BCUT2D eigenvalue weighted by Crippen LogP contribution is 2.35. The van der Waals surface area contributed by atoms with Crippen LogP contribution in [0.3, 0.4) is 0 Å². The summed E-state index contributed by atoms with van der Waals surface area (Å²) in [6, 6.07) is 18.9. The van der Waals surface area contributed by atoms with Crippen LogP contribution in [0.4, 0.5) is 9.59 Å². The molecule has 15 heteroatoms. The molecule has 15 nitrogen and oxygen atoms in total. The zero-order valence-corrected chi connectivity index (χ0v) is 34.3. The number of benzene rings is 3. The Bertz CT molecular complexity index is 2300. The summed E-state index contributed by atoms with van der Waals surface area (Å²) in [5.74, 6) is 0.925. The molecule has 0 radical (unpaired) electrons. The first-order valence-electron chi connectivity index (χ1n) is 20.1. The number of imidazole rings is 2. The minimum atomic E-state index is -0.896. The van der Waals surface area contributed by atoms with Crippen molar-refractivity contribution in [1.29, 1.82) is 0 Å². The molecule has 2 fully saturated rings. The van der Waals surface area contributed by atoms with Crippen LogP contribution < -0.4 is 10.6 Å². The van der Waals surface area contributed by atoms with Gasteiger partial charge in [0.25, 0.3) is 0 Å². The number of fused-ring (bicyclic) bond motifs is 1. The number of hydrogen-bond acceptors (Lipinski definition) is 9. The van der Waals surface area contributed by atoms with Gasteiger partial charge in [0.05, 0.1) is 56.2 Å². The average Bonchev–Trinajstić information content (AvgIpc) is 4.10. The van der Waals surface area contributed by atoms with Gasteiger partial charge in [0.15, 0.2) is 0 Å². The number of amides is 4. The van der Waals surface area contributed by atoms with E-state index in [0.29, 0.717) is 18.9 Å². The highest BCUT2D eigenvalue weighted by molar-refractivity contribution is 5.91. The molecular weight excluding hydrogens is 753 g/mol. The SMILES string of the molecule is COC(=O)NC(C(=O)N1CCCC1c1ncc(-c2ccc(-c3ccc4cc(-c5cnc(C6CCCN6C(=O)C(NC(=O)OC)C(C)OC)[nH]5)ccc4c3)cc2)[nH]1)C(C)C. The topological polar surface area (TPSA) is 184 Å². The number of ether oxygens (including phenoxy) is 3. The lowest BCUT2D eigenvalue weighted by atomic mass is 9.98. The zero-order chi connectivity index (χ0) is 41.8. The molecule has 2 aliphatic rings. The Labute approximate surface area is 343 Å². The van der Waals surface area contributed by atoms with Crippen LogP contribution in [0.1, 0.15) is 70.2 Å². The summed E-state index contributed by atoms with van der Waals surface area (Å²) < 4.78 is 14.9. The third-order valence-corrected chi connectivity index (χ3v) is 11.5. The summed E-state index contributed by atoms with van der Waals surface area (Å²) in [5, 5.41) is 7.49. The van der Waals surface area contributed by atoms with Crippen molar-refractivity contribution in [2.75, 3.05) is 34.4 Å². The van der Waals surface area contributed by atoms with E-state index in [2.05, 4.69) is 86.2 Å². The fourth-order valence-corrected chi connectivity index (χ4v) is 8.13. The second-order valence-electron chi connectivity index (χ2n) is 15.5. The molecule has 0 aliphatic carbocycles. The second-order valence-corrected chi connectivity index (χ2v) is 15.5. The van der Waals surface area contributed by atoms with E-state index in [9.17, 15) is 19.2 Å². The Hall–Kier alpha value is -6.22. The van der Waals surface area contributed by atoms with Gasteiger partial charge in [0.1, 0.15) is 23.7 Å². The van der Waals surface area contributed by atoms with Gasteiger partial charge in [-0.05, 0) is 78.1 Å². The summed E-state index contributed by atoms with van der Waals surface area (Å²) in [6.07, 6.45) is 4.92. The Morgan fingerprint density at radius 1 is 0.644 bits per heavy atom. The third-order valence-electron chi connectivity index (χ3n) is 11.5. The molecule has 2 aromatic heterocycles. The third kappa shape index (κ3) is 8.65. The van der Waals surface area contributed by atoms with Crippen molar-refractivity contribution in [3.8, 4) is 33.6 Å². The molecule has 3 aromatic carbocycles. The molecule has 5 atom stereocenters. The van der Waals surface area contributed by atoms with Crippen molar-refractivity contribution in [1.82, 2.24) is 40.4 Å². The van der Waals surface area contributed by atoms with E-state index >= 15 is 0 Å². The van der Waals surface area contributed by atoms with E-state index in [0.717, 1.165) is 75.9 Å². The molecule has 310 valence electrons. The largest absolute Gasteiger partial charge is 0.453 e. The highest BCUT2D eigenvalue weighted by atomic mass is 16.5. The highest BCUT2D eigenvalue weighted by Gasteiger charge is 2.39. The monoisotopic (exact) mass is 804 g/mol. The standard InChI is InChI=1S/C44H52N8O7/c1-25(2)37(49-43(55)58-5)41(53)51-19-7-9-35(51)39-45-23-33(47-39)28-13-11-27(12-14-28)29-15-16-31-22-32(18-17-30(31)21-29)34-24-46-40(48-34)36-10-8-20-52(36)42(54)38(26(3)57-4)50-44(56)59-6/h11-18,21-26,35-38H,7-10,19-20H2,1-6H3,(H,45,47)(H,46,48)(H,49,55)(H,50,56). The lowest BCUT2D eigenvalue weighted by Gasteiger charge is -2.30. The molecule has 4 amide bonds. The number of hydrogen-bond donors (Lipinski definition) is 4. The number of aromatic nitrogens is 4. The van der Waals surface area contributed by atoms with E-state index in [1.807, 2.05) is 18.7 Å². The van der Waals surface area contributed by atoms with E-state index in [-0.39, 0.29) is 29.8 Å². The molecule has 0 saturated carbocycles. The fraction of sp³-hybridized carbons (Fsp3) is 0.409. The van der Waals surface area contributed by atoms with Gasteiger partial charge in [-0.1, -0.05) is 62.4 Å². The van der Waals surface area contributed by atoms with Gasteiger partial charge in [-0.25, -0.2) is 19.6 Å². The second kappa shape index (κ2) is 17.7. The first-order chi connectivity index (χ1) is 28.5. The first kappa shape index (κ1) is 41.0. The summed E-state index contributed by atoms with van der Waals surface area (Å²) >= 11 is 0. The van der Waals surface area contributed by atoms with Crippen molar-refractivity contribution in [3.05, 3.63) is 84.7 Å². The van der Waals surface area contributed by atoms with E-state index in [1.165, 1.54) is 21.3 Å². The Morgan fingerprint density at radius 3 is 1.63 bits per heavy atom. The first-order valence-corrected chi connectivity index (χ1v) is 20.1. The number of H-pyrrole nitrogens is 2. The van der Waals surface area contributed by atoms with Crippen molar-refractivity contribution in [2.45, 2.75) is 76.7 Å². The quantitative estimate of drug-likeness (QED) is 0.106. The predicted molar refractivity (Wildman–Crippen MR) is 222 cm³/mol. The number of nitrogens with one attached hydrogen (secondary N) is 4. The molecule has 4 N–H and O–H groups in total. The Kier molecular flexibility index (Phi) is 12.3. The van der Waals surface area contributed by atoms with Crippen LogP contribution >= 0.6 is 0 Å². The van der Waals surface area contributed by atoms with Crippen molar-refractivity contribution >= 4 is 34.8 Å². The van der Waals surface area contributed by atoms with E-state index < -0.39 is 30.4 Å². The van der Waals surface area contributed by atoms with Gasteiger partial charge in [-0.2, -0.15) is 0 Å². The summed E-state index contributed by atoms with van der Waals surface area (Å²) in [5.41, 5.74) is 5.82. The van der Waals surface area contributed by atoms with Crippen LogP contribution in [0.15, 0.2) is 73.1 Å². The Balaban J connectivity index is 1.03. The van der Waals surface area contributed by atoms with Crippen LogP contribution in [0.5, 0.6) is 0 Å². The van der Waals surface area contributed by atoms with Crippen molar-refractivity contribution in [3.63, 3.8) is 0 Å². The Morgan fingerprint density at radius 2 is 1.10 bits per heavy atom. The number of rotatable bonds is 12. The van der Waals surface area contributed by atoms with Gasteiger partial charge in [-0.3, -0.25) is 9.59 Å². The summed E-state index contributed by atoms with van der Waals surface area (Å²) in [7, 11) is 4.05. The van der Waals surface area contributed by atoms with Crippen molar-refractivity contribution in [2.24, 2.45) is 5.92 Å². The summed E-state index contributed by atoms with van der Waals surface area (Å²) in [4.78, 5) is 71.1. The number of aromatic amines is 2. The molecule has 7 rings (SSSR count). The molecule has 5 aromatic rings. The number of methoxy groups -OCH3 is 3. The van der Waals surface area contributed by atoms with Crippen LogP contribution in [0, 0.1) is 5.92 Å². The molecule has 4 heterocycles. The maximum atomic E-state index is 13.7. The number of likely N-dealkylation sites (tertiary alicyclic amines) is 2. The lowest BCUT2D eigenvalue weighted by Crippen LogP contribution is -2.54. The molecule has 0 spiro atoms. The molecular formula is C44H52N8O7. The van der Waals surface area contributed by atoms with Crippen LogP contribution in [0.2, 0.25) is 0 Å². The van der Waals surface area contributed by atoms with E-state index in [4.69, 9.17) is 19.2 Å². The van der Waals surface area contributed by atoms with Crippen LogP contribution in [-0.4, -0.2) is 106 Å². The average molecular weight is 805 g/mol. The van der Waals surface area contributed by atoms with Gasteiger partial charge in [0.2, 0.25) is 11.8 Å². The number of alkyl carbamates (subject to hydrolysis) is 2. The maximum Gasteiger partial charge on any atom is 0.407 e. The molecule has 2 aliphatic heterocycles. The van der Waals surface area contributed by atoms with Crippen molar-refractivity contribution < 1.29 is 33.4 Å². The van der Waals surface area contributed by atoms with Gasteiger partial charge >= 0.3 is 12.2 Å².